The topological polar surface area (TPSA) is 54.5 Å². The maximum absolute atomic E-state index is 3.95. The zero-order valence-electron chi connectivity index (χ0n) is 7.14. The van der Waals surface area contributed by atoms with Crippen LogP contribution in [0.3, 0.4) is 0 Å². The van der Waals surface area contributed by atoms with Gasteiger partial charge in [-0.05, 0) is 11.3 Å². The number of rotatable bonds is 1. The van der Waals surface area contributed by atoms with Gasteiger partial charge in [0.15, 0.2) is 5.01 Å². The van der Waals surface area contributed by atoms with Crippen LogP contribution in [0.1, 0.15) is 0 Å². The SMILES string of the molecule is c1ccc2c(-c3nnns3)c[nH]c2c1. The largest absolute Gasteiger partial charge is 0.360 e. The Hall–Kier alpha value is -1.75. The van der Waals surface area contributed by atoms with Gasteiger partial charge in [-0.25, -0.2) is 0 Å². The van der Waals surface area contributed by atoms with Crippen molar-refractivity contribution in [1.82, 2.24) is 19.8 Å². The summed E-state index contributed by atoms with van der Waals surface area (Å²) in [7, 11) is 0. The summed E-state index contributed by atoms with van der Waals surface area (Å²) < 4.78 is 3.75. The Morgan fingerprint density at radius 1 is 1.21 bits per heavy atom. The molecule has 1 N–H and O–H groups in total. The highest BCUT2D eigenvalue weighted by atomic mass is 32.1. The van der Waals surface area contributed by atoms with Gasteiger partial charge in [-0.3, -0.25) is 0 Å². The molecule has 68 valence electrons. The summed E-state index contributed by atoms with van der Waals surface area (Å²) in [5.41, 5.74) is 2.17. The van der Waals surface area contributed by atoms with Gasteiger partial charge in [0.2, 0.25) is 0 Å². The van der Waals surface area contributed by atoms with Gasteiger partial charge >= 0.3 is 0 Å². The van der Waals surface area contributed by atoms with Crippen LogP contribution in [-0.4, -0.2) is 19.8 Å². The second-order valence-electron chi connectivity index (χ2n) is 2.92. The standard InChI is InChI=1S/C9H6N4S/c1-2-4-8-6(3-1)7(5-10-8)9-11-12-13-14-9/h1-5,10H. The first-order valence-corrected chi connectivity index (χ1v) is 4.94. The molecule has 0 fully saturated rings. The molecule has 0 radical (unpaired) electrons. The maximum Gasteiger partial charge on any atom is 0.170 e. The van der Waals surface area contributed by atoms with Crippen LogP contribution >= 0.6 is 11.5 Å². The quantitative estimate of drug-likeness (QED) is 0.657. The van der Waals surface area contributed by atoms with Crippen LogP contribution in [0.15, 0.2) is 30.5 Å². The minimum Gasteiger partial charge on any atom is -0.360 e. The van der Waals surface area contributed by atoms with Crippen molar-refractivity contribution in [3.8, 4) is 10.6 Å². The van der Waals surface area contributed by atoms with Crippen LogP contribution < -0.4 is 0 Å². The first-order valence-electron chi connectivity index (χ1n) is 4.17. The van der Waals surface area contributed by atoms with E-state index in [0.29, 0.717) is 0 Å². The van der Waals surface area contributed by atoms with E-state index in [9.17, 15) is 0 Å². The Morgan fingerprint density at radius 3 is 3.00 bits per heavy atom. The zero-order valence-corrected chi connectivity index (χ0v) is 7.95. The summed E-state index contributed by atoms with van der Waals surface area (Å²) in [6.07, 6.45) is 1.94. The molecule has 0 bridgehead atoms. The third kappa shape index (κ3) is 1.03. The van der Waals surface area contributed by atoms with E-state index in [1.807, 2.05) is 24.4 Å². The molecule has 0 aliphatic carbocycles. The van der Waals surface area contributed by atoms with Crippen molar-refractivity contribution in [3.05, 3.63) is 30.5 Å². The van der Waals surface area contributed by atoms with E-state index < -0.39 is 0 Å². The number of aromatic nitrogens is 4. The Bertz CT molecular complexity index is 555. The number of fused-ring (bicyclic) bond motifs is 1. The van der Waals surface area contributed by atoms with E-state index in [1.54, 1.807) is 0 Å². The molecule has 0 atom stereocenters. The molecule has 0 saturated heterocycles. The van der Waals surface area contributed by atoms with Crippen LogP contribution in [0.2, 0.25) is 0 Å². The average Bonchev–Trinajstić information content (AvgIpc) is 2.85. The van der Waals surface area contributed by atoms with Gasteiger partial charge in [-0.15, -0.1) is 5.10 Å². The predicted molar refractivity (Wildman–Crippen MR) is 55.0 cm³/mol. The maximum atomic E-state index is 3.95. The number of para-hydroxylation sites is 1. The molecular formula is C9H6N4S. The highest BCUT2D eigenvalue weighted by Gasteiger charge is 2.08. The van der Waals surface area contributed by atoms with Gasteiger partial charge in [-0.2, -0.15) is 0 Å². The van der Waals surface area contributed by atoms with Crippen molar-refractivity contribution < 1.29 is 0 Å². The molecule has 14 heavy (non-hydrogen) atoms. The van der Waals surface area contributed by atoms with Crippen molar-refractivity contribution >= 4 is 22.4 Å². The lowest BCUT2D eigenvalue weighted by atomic mass is 10.2. The van der Waals surface area contributed by atoms with Crippen molar-refractivity contribution in [3.63, 3.8) is 0 Å². The van der Waals surface area contributed by atoms with Gasteiger partial charge in [0.25, 0.3) is 0 Å². The summed E-state index contributed by atoms with van der Waals surface area (Å²) >= 11 is 1.30. The van der Waals surface area contributed by atoms with Gasteiger partial charge in [0.1, 0.15) is 0 Å². The fourth-order valence-corrected chi connectivity index (χ4v) is 1.98. The number of hydrogen-bond acceptors (Lipinski definition) is 4. The fraction of sp³-hybridized carbons (Fsp3) is 0. The van der Waals surface area contributed by atoms with Crippen molar-refractivity contribution in [2.24, 2.45) is 0 Å². The highest BCUT2D eigenvalue weighted by Crippen LogP contribution is 2.27. The van der Waals surface area contributed by atoms with Crippen molar-refractivity contribution in [2.45, 2.75) is 0 Å². The molecular weight excluding hydrogens is 196 g/mol. The summed E-state index contributed by atoms with van der Waals surface area (Å²) in [6.45, 7) is 0. The third-order valence-electron chi connectivity index (χ3n) is 2.12. The number of benzene rings is 1. The molecule has 0 saturated carbocycles. The number of aromatic amines is 1. The lowest BCUT2D eigenvalue weighted by molar-refractivity contribution is 0.962. The number of nitrogens with one attached hydrogen (secondary N) is 1. The fourth-order valence-electron chi connectivity index (χ4n) is 1.49. The molecule has 2 aromatic heterocycles. The first kappa shape index (κ1) is 7.64. The normalized spacial score (nSPS) is 10.9. The molecule has 4 nitrogen and oxygen atoms in total. The number of hydrogen-bond donors (Lipinski definition) is 1. The van der Waals surface area contributed by atoms with Crippen LogP contribution in [0.25, 0.3) is 21.5 Å². The van der Waals surface area contributed by atoms with E-state index in [0.717, 1.165) is 21.5 Å². The summed E-state index contributed by atoms with van der Waals surface area (Å²) in [5.74, 6) is 0. The van der Waals surface area contributed by atoms with Crippen LogP contribution in [0.5, 0.6) is 0 Å². The Labute approximate surface area is 83.8 Å². The van der Waals surface area contributed by atoms with Crippen LogP contribution in [0, 0.1) is 0 Å². The lowest BCUT2D eigenvalue weighted by Crippen LogP contribution is -1.73. The average molecular weight is 202 g/mol. The predicted octanol–water partition coefficient (Wildman–Crippen LogP) is 2.08. The van der Waals surface area contributed by atoms with E-state index in [1.165, 1.54) is 11.5 Å². The summed E-state index contributed by atoms with van der Waals surface area (Å²) in [4.78, 5) is 3.19. The Morgan fingerprint density at radius 2 is 2.14 bits per heavy atom. The van der Waals surface area contributed by atoms with E-state index in [2.05, 4.69) is 25.9 Å². The van der Waals surface area contributed by atoms with Crippen LogP contribution in [0.4, 0.5) is 0 Å². The second kappa shape index (κ2) is 2.88. The molecule has 0 spiro atoms. The molecule has 0 unspecified atom stereocenters. The Balaban J connectivity index is 2.33. The van der Waals surface area contributed by atoms with E-state index in [-0.39, 0.29) is 0 Å². The number of nitrogens with zero attached hydrogens (tertiary/aromatic N) is 3. The third-order valence-corrected chi connectivity index (χ3v) is 2.75. The molecule has 0 aliphatic rings. The van der Waals surface area contributed by atoms with E-state index >= 15 is 0 Å². The van der Waals surface area contributed by atoms with Gasteiger partial charge in [-0.1, -0.05) is 22.7 Å². The second-order valence-corrected chi connectivity index (χ2v) is 3.65. The number of H-pyrrole nitrogens is 1. The minimum absolute atomic E-state index is 0.849. The molecule has 0 amide bonds. The molecule has 0 aliphatic heterocycles. The zero-order chi connectivity index (χ0) is 9.38. The monoisotopic (exact) mass is 202 g/mol. The summed E-state index contributed by atoms with van der Waals surface area (Å²) in [6, 6.07) is 8.10. The van der Waals surface area contributed by atoms with Gasteiger partial charge < -0.3 is 4.98 Å². The molecule has 3 aromatic rings. The highest BCUT2D eigenvalue weighted by molar-refractivity contribution is 7.08. The molecule has 3 rings (SSSR count). The van der Waals surface area contributed by atoms with E-state index in [4.69, 9.17) is 0 Å². The smallest absolute Gasteiger partial charge is 0.170 e. The lowest BCUT2D eigenvalue weighted by Gasteiger charge is -1.90. The van der Waals surface area contributed by atoms with Crippen LogP contribution in [-0.2, 0) is 0 Å². The summed E-state index contributed by atoms with van der Waals surface area (Å²) in [5, 5.41) is 9.54. The minimum atomic E-state index is 0.849. The van der Waals surface area contributed by atoms with Gasteiger partial charge in [0.05, 0.1) is 0 Å². The first-order chi connectivity index (χ1) is 6.95. The molecule has 1 aromatic carbocycles. The van der Waals surface area contributed by atoms with Crippen molar-refractivity contribution in [2.75, 3.05) is 0 Å². The molecule has 5 heteroatoms. The molecule has 2 heterocycles. The Kier molecular flexibility index (Phi) is 1.57. The van der Waals surface area contributed by atoms with Crippen molar-refractivity contribution in [1.29, 1.82) is 0 Å². The van der Waals surface area contributed by atoms with Gasteiger partial charge in [0, 0.05) is 34.2 Å².